The molecule has 3 rings (SSSR count). The molecule has 0 spiro atoms. The summed E-state index contributed by atoms with van der Waals surface area (Å²) in [6.07, 6.45) is 0.447. The largest absolute Gasteiger partial charge is 0.496 e. The molecule has 0 saturated carbocycles. The first-order chi connectivity index (χ1) is 16.2. The van der Waals surface area contributed by atoms with E-state index in [1.807, 2.05) is 30.3 Å². The minimum atomic E-state index is -3.97. The Balaban J connectivity index is 1.88. The minimum absolute atomic E-state index is 0.0898. The van der Waals surface area contributed by atoms with Crippen LogP contribution in [0.15, 0.2) is 71.6 Å². The molecule has 1 N–H and O–H groups in total. The normalized spacial score (nSPS) is 11.3. The van der Waals surface area contributed by atoms with Gasteiger partial charge in [0.25, 0.3) is 0 Å². The zero-order chi connectivity index (χ0) is 24.7. The van der Waals surface area contributed by atoms with Crippen LogP contribution in [-0.4, -0.2) is 45.9 Å². The van der Waals surface area contributed by atoms with Crippen molar-refractivity contribution in [3.05, 3.63) is 82.9 Å². The van der Waals surface area contributed by atoms with Gasteiger partial charge in [-0.15, -0.1) is 0 Å². The number of methoxy groups -OCH3 is 2. The van der Waals surface area contributed by atoms with Crippen LogP contribution in [0.5, 0.6) is 11.5 Å². The Morgan fingerprint density at radius 2 is 1.65 bits per heavy atom. The summed E-state index contributed by atoms with van der Waals surface area (Å²) >= 11 is 6.05. The zero-order valence-corrected chi connectivity index (χ0v) is 20.8. The van der Waals surface area contributed by atoms with Crippen molar-refractivity contribution in [3.8, 4) is 11.5 Å². The molecule has 34 heavy (non-hydrogen) atoms. The lowest BCUT2D eigenvalue weighted by Crippen LogP contribution is -2.39. The van der Waals surface area contributed by atoms with Crippen LogP contribution in [-0.2, 0) is 21.2 Å². The highest BCUT2D eigenvalue weighted by atomic mass is 35.5. The Hall–Kier alpha value is -3.07. The van der Waals surface area contributed by atoms with E-state index in [0.717, 1.165) is 5.56 Å². The maximum atomic E-state index is 13.5. The Morgan fingerprint density at radius 3 is 2.29 bits per heavy atom. The third kappa shape index (κ3) is 6.28. The topological polar surface area (TPSA) is 84.9 Å². The number of halogens is 1. The maximum Gasteiger partial charge on any atom is 0.243 e. The maximum absolute atomic E-state index is 13.5. The SMILES string of the molecule is COc1ccc(S(=O)(=O)N(CCc2ccccc2)CC(=O)Nc2cc(Cl)ccc2OC)cc1C. The number of carbonyl (C=O) groups is 1. The number of aryl methyl sites for hydroxylation is 1. The summed E-state index contributed by atoms with van der Waals surface area (Å²) in [5, 5.41) is 3.12. The summed E-state index contributed by atoms with van der Waals surface area (Å²) < 4.78 is 38.7. The second-order valence-electron chi connectivity index (χ2n) is 7.60. The van der Waals surface area contributed by atoms with Crippen LogP contribution in [0, 0.1) is 6.92 Å². The Labute approximate surface area is 205 Å². The van der Waals surface area contributed by atoms with E-state index in [1.54, 1.807) is 37.3 Å². The highest BCUT2D eigenvalue weighted by Gasteiger charge is 2.27. The van der Waals surface area contributed by atoms with Gasteiger partial charge in [-0.05, 0) is 60.9 Å². The molecule has 0 aromatic heterocycles. The average Bonchev–Trinajstić information content (AvgIpc) is 2.82. The lowest BCUT2D eigenvalue weighted by molar-refractivity contribution is -0.116. The third-order valence-corrected chi connectivity index (χ3v) is 7.33. The van der Waals surface area contributed by atoms with E-state index >= 15 is 0 Å². The first-order valence-electron chi connectivity index (χ1n) is 10.6. The van der Waals surface area contributed by atoms with Crippen molar-refractivity contribution in [2.75, 3.05) is 32.6 Å². The molecule has 3 aromatic carbocycles. The van der Waals surface area contributed by atoms with Gasteiger partial charge in [-0.2, -0.15) is 4.31 Å². The van der Waals surface area contributed by atoms with Crippen molar-refractivity contribution >= 4 is 33.2 Å². The molecule has 0 saturated heterocycles. The number of amides is 1. The molecule has 0 fully saturated rings. The molecule has 0 unspecified atom stereocenters. The van der Waals surface area contributed by atoms with Crippen LogP contribution in [0.3, 0.4) is 0 Å². The Morgan fingerprint density at radius 1 is 0.971 bits per heavy atom. The van der Waals surface area contributed by atoms with E-state index in [2.05, 4.69) is 5.32 Å². The van der Waals surface area contributed by atoms with Gasteiger partial charge in [-0.3, -0.25) is 4.79 Å². The Bertz CT molecular complexity index is 1250. The summed E-state index contributed by atoms with van der Waals surface area (Å²) in [7, 11) is -0.972. The highest BCUT2D eigenvalue weighted by Crippen LogP contribution is 2.28. The van der Waals surface area contributed by atoms with Crippen molar-refractivity contribution in [3.63, 3.8) is 0 Å². The second-order valence-corrected chi connectivity index (χ2v) is 9.97. The number of benzene rings is 3. The molecule has 3 aromatic rings. The van der Waals surface area contributed by atoms with Crippen molar-refractivity contribution in [2.24, 2.45) is 0 Å². The van der Waals surface area contributed by atoms with Crippen LogP contribution >= 0.6 is 11.6 Å². The smallest absolute Gasteiger partial charge is 0.243 e. The zero-order valence-electron chi connectivity index (χ0n) is 19.2. The van der Waals surface area contributed by atoms with Crippen molar-refractivity contribution in [1.29, 1.82) is 0 Å². The number of rotatable bonds is 10. The van der Waals surface area contributed by atoms with Gasteiger partial charge in [-0.1, -0.05) is 41.9 Å². The van der Waals surface area contributed by atoms with Crippen LogP contribution in [0.4, 0.5) is 5.69 Å². The van der Waals surface area contributed by atoms with E-state index in [4.69, 9.17) is 21.1 Å². The molecule has 0 aliphatic rings. The van der Waals surface area contributed by atoms with Gasteiger partial charge in [0.2, 0.25) is 15.9 Å². The van der Waals surface area contributed by atoms with E-state index < -0.39 is 15.9 Å². The van der Waals surface area contributed by atoms with Gasteiger partial charge >= 0.3 is 0 Å². The fourth-order valence-corrected chi connectivity index (χ4v) is 5.13. The molecular formula is C25H27ClN2O5S. The number of hydrogen-bond donors (Lipinski definition) is 1. The molecule has 7 nitrogen and oxygen atoms in total. The van der Waals surface area contributed by atoms with Crippen LogP contribution in [0.1, 0.15) is 11.1 Å². The van der Waals surface area contributed by atoms with Crippen LogP contribution < -0.4 is 14.8 Å². The molecule has 0 radical (unpaired) electrons. The van der Waals surface area contributed by atoms with Gasteiger partial charge in [0.1, 0.15) is 11.5 Å². The summed E-state index contributed by atoms with van der Waals surface area (Å²) in [6.45, 7) is 1.51. The number of nitrogens with one attached hydrogen (secondary N) is 1. The van der Waals surface area contributed by atoms with Crippen LogP contribution in [0.25, 0.3) is 0 Å². The van der Waals surface area contributed by atoms with Crippen molar-refractivity contribution in [1.82, 2.24) is 4.31 Å². The first-order valence-corrected chi connectivity index (χ1v) is 12.4. The molecule has 0 heterocycles. The van der Waals surface area contributed by atoms with E-state index in [1.165, 1.54) is 24.6 Å². The number of nitrogens with zero attached hydrogens (tertiary/aromatic N) is 1. The fraction of sp³-hybridized carbons (Fsp3) is 0.240. The number of carbonyl (C=O) groups excluding carboxylic acids is 1. The molecule has 0 bridgehead atoms. The number of sulfonamides is 1. The van der Waals surface area contributed by atoms with Gasteiger partial charge < -0.3 is 14.8 Å². The van der Waals surface area contributed by atoms with Gasteiger partial charge in [0, 0.05) is 11.6 Å². The van der Waals surface area contributed by atoms with Gasteiger partial charge in [-0.25, -0.2) is 8.42 Å². The minimum Gasteiger partial charge on any atom is -0.496 e. The molecular weight excluding hydrogens is 476 g/mol. The second kappa shape index (κ2) is 11.4. The molecule has 1 amide bonds. The van der Waals surface area contributed by atoms with E-state index in [0.29, 0.717) is 34.2 Å². The van der Waals surface area contributed by atoms with Gasteiger partial charge in [0.15, 0.2) is 0 Å². The average molecular weight is 503 g/mol. The lowest BCUT2D eigenvalue weighted by Gasteiger charge is -2.23. The Kier molecular flexibility index (Phi) is 8.55. The van der Waals surface area contributed by atoms with Crippen molar-refractivity contribution < 1.29 is 22.7 Å². The molecule has 9 heteroatoms. The highest BCUT2D eigenvalue weighted by molar-refractivity contribution is 7.89. The van der Waals surface area contributed by atoms with Crippen LogP contribution in [0.2, 0.25) is 5.02 Å². The first kappa shape index (κ1) is 25.6. The summed E-state index contributed by atoms with van der Waals surface area (Å²) in [5.41, 5.74) is 2.01. The van der Waals surface area contributed by atoms with Crippen molar-refractivity contribution in [2.45, 2.75) is 18.2 Å². The summed E-state index contributed by atoms with van der Waals surface area (Å²) in [5.74, 6) is 0.491. The molecule has 0 aliphatic heterocycles. The standard InChI is InChI=1S/C25H27ClN2O5S/c1-18-15-21(10-12-23(18)32-2)34(30,31)28(14-13-19-7-5-4-6-8-19)17-25(29)27-22-16-20(26)9-11-24(22)33-3/h4-12,15-16H,13-14,17H2,1-3H3,(H,27,29). The van der Waals surface area contributed by atoms with E-state index in [9.17, 15) is 13.2 Å². The monoisotopic (exact) mass is 502 g/mol. The van der Waals surface area contributed by atoms with E-state index in [-0.39, 0.29) is 18.0 Å². The fourth-order valence-electron chi connectivity index (χ4n) is 3.47. The predicted molar refractivity (Wildman–Crippen MR) is 133 cm³/mol. The molecule has 180 valence electrons. The summed E-state index contributed by atoms with van der Waals surface area (Å²) in [6, 6.07) is 18.9. The number of anilines is 1. The molecule has 0 aliphatic carbocycles. The van der Waals surface area contributed by atoms with Gasteiger partial charge in [0.05, 0.1) is 31.3 Å². The number of ether oxygens (including phenoxy) is 2. The third-order valence-electron chi connectivity index (χ3n) is 5.25. The lowest BCUT2D eigenvalue weighted by atomic mass is 10.1. The quantitative estimate of drug-likeness (QED) is 0.440. The number of hydrogen-bond acceptors (Lipinski definition) is 5. The predicted octanol–water partition coefficient (Wildman–Crippen LogP) is 4.54. The molecule has 0 atom stereocenters. The summed E-state index contributed by atoms with van der Waals surface area (Å²) in [4.78, 5) is 13.0.